The van der Waals surface area contributed by atoms with E-state index in [2.05, 4.69) is 4.72 Å². The minimum atomic E-state index is -3.39. The molecule has 0 unspecified atom stereocenters. The topological polar surface area (TPSA) is 66.5 Å². The van der Waals surface area contributed by atoms with Gasteiger partial charge in [-0.15, -0.1) is 0 Å². The quantitative estimate of drug-likeness (QED) is 0.849. The predicted octanol–water partition coefficient (Wildman–Crippen LogP) is 1.35. The van der Waals surface area contributed by atoms with Crippen LogP contribution in [0.2, 0.25) is 0 Å². The van der Waals surface area contributed by atoms with Gasteiger partial charge in [-0.05, 0) is 19.3 Å². The molecule has 1 aliphatic heterocycles. The standard InChI is InChI=1S/C13H22F2N2O3S/c1-2-16-21(19,20)11-5-8-17(9-11)12(18)10-3-6-13(14,15)7-4-10/h10-11,16H,2-9H2,1H3/t11-/m0/s1. The van der Waals surface area contributed by atoms with Gasteiger partial charge in [0.25, 0.3) is 0 Å². The van der Waals surface area contributed by atoms with Gasteiger partial charge in [0.15, 0.2) is 0 Å². The maximum Gasteiger partial charge on any atom is 0.248 e. The number of rotatable bonds is 4. The Morgan fingerprint density at radius 2 is 1.90 bits per heavy atom. The Hall–Kier alpha value is -0.760. The van der Waals surface area contributed by atoms with E-state index in [1.807, 2.05) is 0 Å². The first-order valence-electron chi connectivity index (χ1n) is 7.40. The highest BCUT2D eigenvalue weighted by Gasteiger charge is 2.41. The number of sulfonamides is 1. The van der Waals surface area contributed by atoms with E-state index in [-0.39, 0.29) is 44.1 Å². The third kappa shape index (κ3) is 3.91. The van der Waals surface area contributed by atoms with Crippen LogP contribution in [-0.2, 0) is 14.8 Å². The molecule has 2 fully saturated rings. The van der Waals surface area contributed by atoms with Crippen molar-refractivity contribution < 1.29 is 22.0 Å². The molecule has 21 heavy (non-hydrogen) atoms. The van der Waals surface area contributed by atoms with Crippen molar-refractivity contribution in [1.82, 2.24) is 9.62 Å². The molecule has 0 aromatic heterocycles. The Bertz CT molecular complexity index is 486. The van der Waals surface area contributed by atoms with Gasteiger partial charge in [0.05, 0.1) is 5.25 Å². The van der Waals surface area contributed by atoms with Gasteiger partial charge in [-0.3, -0.25) is 4.79 Å². The molecule has 2 rings (SSSR count). The highest BCUT2D eigenvalue weighted by atomic mass is 32.2. The summed E-state index contributed by atoms with van der Waals surface area (Å²) in [5, 5.41) is -0.591. The van der Waals surface area contributed by atoms with Gasteiger partial charge in [0, 0.05) is 38.4 Å². The summed E-state index contributed by atoms with van der Waals surface area (Å²) in [5.41, 5.74) is 0. The van der Waals surface area contributed by atoms with Crippen molar-refractivity contribution in [2.24, 2.45) is 5.92 Å². The van der Waals surface area contributed by atoms with Crippen molar-refractivity contribution >= 4 is 15.9 Å². The van der Waals surface area contributed by atoms with Gasteiger partial charge >= 0.3 is 0 Å². The van der Waals surface area contributed by atoms with Gasteiger partial charge in [0.2, 0.25) is 21.9 Å². The number of likely N-dealkylation sites (tertiary alicyclic amines) is 1. The molecule has 1 aliphatic carbocycles. The fourth-order valence-corrected chi connectivity index (χ4v) is 4.48. The van der Waals surface area contributed by atoms with Crippen LogP contribution in [0.5, 0.6) is 0 Å². The largest absolute Gasteiger partial charge is 0.341 e. The molecule has 1 saturated carbocycles. The molecule has 0 bridgehead atoms. The van der Waals surface area contributed by atoms with Gasteiger partial charge < -0.3 is 4.90 Å². The molecule has 0 radical (unpaired) electrons. The molecular weight excluding hydrogens is 302 g/mol. The molecule has 1 N–H and O–H groups in total. The summed E-state index contributed by atoms with van der Waals surface area (Å²) in [6, 6.07) is 0. The normalized spacial score (nSPS) is 27.0. The molecule has 0 spiro atoms. The van der Waals surface area contributed by atoms with E-state index in [1.54, 1.807) is 6.92 Å². The molecular formula is C13H22F2N2O3S. The third-order valence-electron chi connectivity index (χ3n) is 4.31. The van der Waals surface area contributed by atoms with Crippen LogP contribution < -0.4 is 4.72 Å². The number of amides is 1. The lowest BCUT2D eigenvalue weighted by Gasteiger charge is -2.30. The van der Waals surface area contributed by atoms with E-state index >= 15 is 0 Å². The Morgan fingerprint density at radius 3 is 2.48 bits per heavy atom. The maximum atomic E-state index is 13.1. The molecule has 2 aliphatic rings. The molecule has 0 aromatic rings. The second-order valence-electron chi connectivity index (χ2n) is 5.87. The molecule has 5 nitrogen and oxygen atoms in total. The van der Waals surface area contributed by atoms with Gasteiger partial charge in [0.1, 0.15) is 0 Å². The van der Waals surface area contributed by atoms with Crippen molar-refractivity contribution in [3.63, 3.8) is 0 Å². The number of carbonyl (C=O) groups excluding carboxylic acids is 1. The molecule has 0 aromatic carbocycles. The molecule has 122 valence electrons. The Labute approximate surface area is 124 Å². The number of halogens is 2. The number of alkyl halides is 2. The zero-order valence-corrected chi connectivity index (χ0v) is 13.0. The first kappa shape index (κ1) is 16.6. The van der Waals surface area contributed by atoms with Crippen molar-refractivity contribution in [2.75, 3.05) is 19.6 Å². The lowest BCUT2D eigenvalue weighted by molar-refractivity contribution is -0.138. The highest BCUT2D eigenvalue weighted by Crippen LogP contribution is 2.37. The molecule has 1 saturated heterocycles. The van der Waals surface area contributed by atoms with E-state index in [1.165, 1.54) is 4.90 Å². The lowest BCUT2D eigenvalue weighted by atomic mass is 9.86. The van der Waals surface area contributed by atoms with Crippen LogP contribution >= 0.6 is 0 Å². The maximum absolute atomic E-state index is 13.1. The number of nitrogens with one attached hydrogen (secondary N) is 1. The third-order valence-corrected chi connectivity index (χ3v) is 6.26. The second kappa shape index (κ2) is 6.16. The zero-order chi connectivity index (χ0) is 15.7. The van der Waals surface area contributed by atoms with Crippen LogP contribution in [0.15, 0.2) is 0 Å². The van der Waals surface area contributed by atoms with E-state index in [0.717, 1.165) is 0 Å². The summed E-state index contributed by atoms with van der Waals surface area (Å²) in [6.45, 7) is 2.59. The van der Waals surface area contributed by atoms with Crippen molar-refractivity contribution in [1.29, 1.82) is 0 Å². The van der Waals surface area contributed by atoms with Crippen LogP contribution in [0.25, 0.3) is 0 Å². The van der Waals surface area contributed by atoms with Crippen molar-refractivity contribution in [2.45, 2.75) is 50.2 Å². The molecule has 1 atom stereocenters. The Balaban J connectivity index is 1.91. The van der Waals surface area contributed by atoms with Crippen LogP contribution in [0.4, 0.5) is 8.78 Å². The summed E-state index contributed by atoms with van der Waals surface area (Å²) in [5.74, 6) is -3.21. The first-order valence-corrected chi connectivity index (χ1v) is 8.95. The van der Waals surface area contributed by atoms with Gasteiger partial charge in [-0.1, -0.05) is 6.92 Å². The average molecular weight is 324 g/mol. The number of nitrogens with zero attached hydrogens (tertiary/aromatic N) is 1. The van der Waals surface area contributed by atoms with Crippen LogP contribution in [0.1, 0.15) is 39.0 Å². The summed E-state index contributed by atoms with van der Waals surface area (Å²) in [6.07, 6.45) is 0.274. The van der Waals surface area contributed by atoms with Crippen molar-refractivity contribution in [3.05, 3.63) is 0 Å². The summed E-state index contributed by atoms with van der Waals surface area (Å²) >= 11 is 0. The monoisotopic (exact) mass is 324 g/mol. The number of carbonyl (C=O) groups is 1. The number of hydrogen-bond acceptors (Lipinski definition) is 3. The van der Waals surface area contributed by atoms with Gasteiger partial charge in [-0.2, -0.15) is 0 Å². The fourth-order valence-electron chi connectivity index (χ4n) is 3.05. The summed E-state index contributed by atoms with van der Waals surface area (Å²) in [7, 11) is -3.39. The van der Waals surface area contributed by atoms with E-state index in [9.17, 15) is 22.0 Å². The average Bonchev–Trinajstić information content (AvgIpc) is 2.88. The number of hydrogen-bond donors (Lipinski definition) is 1. The fraction of sp³-hybridized carbons (Fsp3) is 0.923. The minimum Gasteiger partial charge on any atom is -0.341 e. The van der Waals surface area contributed by atoms with E-state index in [0.29, 0.717) is 19.5 Å². The SMILES string of the molecule is CCNS(=O)(=O)[C@H]1CCN(C(=O)C2CCC(F)(F)CC2)C1. The van der Waals surface area contributed by atoms with Gasteiger partial charge in [-0.25, -0.2) is 21.9 Å². The smallest absolute Gasteiger partial charge is 0.248 e. The molecule has 8 heteroatoms. The predicted molar refractivity (Wildman–Crippen MR) is 74.5 cm³/mol. The van der Waals surface area contributed by atoms with E-state index < -0.39 is 21.2 Å². The second-order valence-corrected chi connectivity index (χ2v) is 7.91. The Kier molecular flexibility index (Phi) is 4.87. The van der Waals surface area contributed by atoms with Crippen LogP contribution in [0, 0.1) is 5.92 Å². The summed E-state index contributed by atoms with van der Waals surface area (Å²) in [4.78, 5) is 13.8. The first-order chi connectivity index (χ1) is 9.75. The van der Waals surface area contributed by atoms with E-state index in [4.69, 9.17) is 0 Å². The van der Waals surface area contributed by atoms with Crippen LogP contribution in [0.3, 0.4) is 0 Å². The zero-order valence-electron chi connectivity index (χ0n) is 12.1. The van der Waals surface area contributed by atoms with Crippen LogP contribution in [-0.4, -0.2) is 50.0 Å². The van der Waals surface area contributed by atoms with Crippen molar-refractivity contribution in [3.8, 4) is 0 Å². The lowest BCUT2D eigenvalue weighted by Crippen LogP contribution is -2.41. The molecule has 1 amide bonds. The summed E-state index contributed by atoms with van der Waals surface area (Å²) < 4.78 is 52.5. The minimum absolute atomic E-state index is 0.167. The highest BCUT2D eigenvalue weighted by molar-refractivity contribution is 7.90. The Morgan fingerprint density at radius 1 is 1.29 bits per heavy atom. The molecule has 1 heterocycles.